The molecule has 1 aliphatic rings. The molecule has 0 fully saturated rings. The van der Waals surface area contributed by atoms with Gasteiger partial charge in [-0.25, -0.2) is 4.68 Å². The third-order valence-electron chi connectivity index (χ3n) is 4.29. The third-order valence-corrected chi connectivity index (χ3v) is 6.20. The molecule has 1 aromatic heterocycles. The van der Waals surface area contributed by atoms with Gasteiger partial charge in [-0.1, -0.05) is 60.7 Å². The molecule has 0 bridgehead atoms. The van der Waals surface area contributed by atoms with Crippen molar-refractivity contribution in [3.8, 4) is 22.7 Å². The average molecular weight is 342 g/mol. The Morgan fingerprint density at radius 3 is 2.24 bits per heavy atom. The molecule has 5 rings (SSSR count). The van der Waals surface area contributed by atoms with Gasteiger partial charge in [-0.15, -0.1) is 0 Å². The summed E-state index contributed by atoms with van der Waals surface area (Å²) in [7, 11) is -0.922. The Balaban J connectivity index is 1.76. The van der Waals surface area contributed by atoms with Gasteiger partial charge in [0.1, 0.15) is 5.75 Å². The van der Waals surface area contributed by atoms with Crippen molar-refractivity contribution in [1.29, 1.82) is 0 Å². The fourth-order valence-corrected chi connectivity index (χ4v) is 4.99. The number of rotatable bonds is 2. The molecule has 1 aliphatic heterocycles. The second-order valence-electron chi connectivity index (χ2n) is 5.84. The van der Waals surface area contributed by atoms with Crippen LogP contribution in [0.25, 0.3) is 16.9 Å². The number of hydrogen-bond donors (Lipinski definition) is 0. The maximum atomic E-state index is 6.41. The van der Waals surface area contributed by atoms with Crippen molar-refractivity contribution < 1.29 is 4.52 Å². The van der Waals surface area contributed by atoms with E-state index in [0.29, 0.717) is 0 Å². The Morgan fingerprint density at radius 1 is 0.760 bits per heavy atom. The molecule has 0 spiro atoms. The Bertz CT molecular complexity index is 1030. The van der Waals surface area contributed by atoms with Gasteiger partial charge in [-0.3, -0.25) is 0 Å². The quantitative estimate of drug-likeness (QED) is 0.509. The first-order valence-corrected chi connectivity index (χ1v) is 9.44. The van der Waals surface area contributed by atoms with E-state index in [0.717, 1.165) is 28.0 Å². The molecule has 1 atom stereocenters. The van der Waals surface area contributed by atoms with E-state index in [1.807, 2.05) is 53.3 Å². The Labute approximate surface area is 147 Å². The van der Waals surface area contributed by atoms with Crippen LogP contribution in [0.3, 0.4) is 0 Å². The van der Waals surface area contributed by atoms with Crippen molar-refractivity contribution in [1.82, 2.24) is 9.78 Å². The summed E-state index contributed by atoms with van der Waals surface area (Å²) in [6.07, 6.45) is 1.96. The summed E-state index contributed by atoms with van der Waals surface area (Å²) in [5.74, 6) is 0.919. The average Bonchev–Trinajstić information content (AvgIpc) is 3.14. The van der Waals surface area contributed by atoms with Gasteiger partial charge in [0.25, 0.3) is 0 Å². The van der Waals surface area contributed by atoms with Gasteiger partial charge in [-0.2, -0.15) is 5.10 Å². The lowest BCUT2D eigenvalue weighted by Crippen LogP contribution is -2.21. The summed E-state index contributed by atoms with van der Waals surface area (Å²) >= 11 is 0. The minimum absolute atomic E-state index is 0.919. The molecular formula is C21H15N2OP. The molecule has 3 aromatic carbocycles. The highest BCUT2D eigenvalue weighted by molar-refractivity contribution is 7.69. The minimum Gasteiger partial charge on any atom is -0.464 e. The molecule has 4 aromatic rings. The summed E-state index contributed by atoms with van der Waals surface area (Å²) in [5, 5.41) is 7.05. The first kappa shape index (κ1) is 14.4. The molecule has 2 heterocycles. The highest BCUT2D eigenvalue weighted by Crippen LogP contribution is 2.48. The molecule has 1 unspecified atom stereocenters. The van der Waals surface area contributed by atoms with Gasteiger partial charge in [-0.05, 0) is 24.3 Å². The fraction of sp³-hybridized carbons (Fsp3) is 0. The second kappa shape index (κ2) is 5.87. The molecule has 4 heteroatoms. The number of hydrogen-bond acceptors (Lipinski definition) is 2. The van der Waals surface area contributed by atoms with Crippen LogP contribution in [0, 0.1) is 0 Å². The zero-order valence-electron chi connectivity index (χ0n) is 13.4. The lowest BCUT2D eigenvalue weighted by molar-refractivity contribution is 0.628. The third kappa shape index (κ3) is 2.36. The van der Waals surface area contributed by atoms with E-state index in [1.54, 1.807) is 0 Å². The number of fused-ring (bicyclic) bond motifs is 3. The first-order valence-electron chi connectivity index (χ1n) is 8.18. The van der Waals surface area contributed by atoms with Gasteiger partial charge < -0.3 is 4.52 Å². The van der Waals surface area contributed by atoms with Gasteiger partial charge in [0.05, 0.1) is 22.9 Å². The van der Waals surface area contributed by atoms with Crippen molar-refractivity contribution >= 4 is 18.8 Å². The van der Waals surface area contributed by atoms with Crippen LogP contribution in [0.4, 0.5) is 0 Å². The first-order chi connectivity index (χ1) is 12.4. The molecule has 0 aliphatic carbocycles. The van der Waals surface area contributed by atoms with Gasteiger partial charge in [0.2, 0.25) is 0 Å². The Hall–Kier alpha value is -2.90. The van der Waals surface area contributed by atoms with Gasteiger partial charge in [0, 0.05) is 10.9 Å². The summed E-state index contributed by atoms with van der Waals surface area (Å²) in [4.78, 5) is 0. The van der Waals surface area contributed by atoms with E-state index in [-0.39, 0.29) is 0 Å². The summed E-state index contributed by atoms with van der Waals surface area (Å²) < 4.78 is 8.43. The zero-order valence-corrected chi connectivity index (χ0v) is 14.3. The molecule has 0 radical (unpaired) electrons. The molecule has 3 nitrogen and oxygen atoms in total. The molecular weight excluding hydrogens is 327 g/mol. The normalized spacial score (nSPS) is 15.1. The fourth-order valence-electron chi connectivity index (χ4n) is 3.15. The van der Waals surface area contributed by atoms with E-state index in [4.69, 9.17) is 9.62 Å². The predicted molar refractivity (Wildman–Crippen MR) is 102 cm³/mol. The van der Waals surface area contributed by atoms with Gasteiger partial charge in [0.15, 0.2) is 8.15 Å². The van der Waals surface area contributed by atoms with E-state index in [2.05, 4.69) is 42.5 Å². The summed E-state index contributed by atoms with van der Waals surface area (Å²) in [6, 6.07) is 28.9. The van der Waals surface area contributed by atoms with Crippen LogP contribution in [0.5, 0.6) is 5.75 Å². The van der Waals surface area contributed by atoms with E-state index in [1.165, 1.54) is 5.30 Å². The van der Waals surface area contributed by atoms with Crippen LogP contribution in [-0.4, -0.2) is 9.78 Å². The van der Waals surface area contributed by atoms with Crippen molar-refractivity contribution in [3.63, 3.8) is 0 Å². The second-order valence-corrected chi connectivity index (χ2v) is 7.61. The monoisotopic (exact) mass is 342 g/mol. The highest BCUT2D eigenvalue weighted by Gasteiger charge is 2.31. The number of benzene rings is 3. The minimum atomic E-state index is -0.922. The van der Waals surface area contributed by atoms with Crippen LogP contribution in [-0.2, 0) is 0 Å². The lowest BCUT2D eigenvalue weighted by Gasteiger charge is -2.26. The number of aromatic nitrogens is 2. The molecule has 0 saturated carbocycles. The summed E-state index contributed by atoms with van der Waals surface area (Å²) in [6.45, 7) is 0. The van der Waals surface area contributed by atoms with Crippen molar-refractivity contribution in [2.45, 2.75) is 0 Å². The Morgan fingerprint density at radius 2 is 1.44 bits per heavy atom. The number of nitrogens with zero attached hydrogens (tertiary/aromatic N) is 2. The largest absolute Gasteiger partial charge is 0.464 e. The SMILES string of the molecule is c1ccc(-n2ncc3c2-c2ccccc2OP3c2ccccc2)cc1. The van der Waals surface area contributed by atoms with E-state index in [9.17, 15) is 0 Å². The zero-order chi connectivity index (χ0) is 16.6. The number of para-hydroxylation sites is 2. The topological polar surface area (TPSA) is 27.1 Å². The van der Waals surface area contributed by atoms with Crippen LogP contribution in [0.15, 0.2) is 91.1 Å². The molecule has 0 saturated heterocycles. The van der Waals surface area contributed by atoms with E-state index >= 15 is 0 Å². The van der Waals surface area contributed by atoms with Crippen molar-refractivity contribution in [2.75, 3.05) is 0 Å². The molecule has 0 amide bonds. The van der Waals surface area contributed by atoms with Crippen molar-refractivity contribution in [3.05, 3.63) is 91.1 Å². The van der Waals surface area contributed by atoms with Gasteiger partial charge >= 0.3 is 0 Å². The maximum absolute atomic E-state index is 6.41. The lowest BCUT2D eigenvalue weighted by atomic mass is 10.1. The maximum Gasteiger partial charge on any atom is 0.154 e. The van der Waals surface area contributed by atoms with E-state index < -0.39 is 8.15 Å². The van der Waals surface area contributed by atoms with Crippen LogP contribution >= 0.6 is 8.15 Å². The predicted octanol–water partition coefficient (Wildman–Crippen LogP) is 4.28. The Kier molecular flexibility index (Phi) is 3.39. The standard InChI is InChI=1S/C21H15N2OP/c1-3-9-16(10-4-1)23-21-18-13-7-8-14-19(18)24-25(20(21)15-22-23)17-11-5-2-6-12-17/h1-15H. The molecule has 25 heavy (non-hydrogen) atoms. The molecule has 120 valence electrons. The van der Waals surface area contributed by atoms with Crippen LogP contribution < -0.4 is 15.1 Å². The van der Waals surface area contributed by atoms with Crippen molar-refractivity contribution in [2.24, 2.45) is 0 Å². The smallest absolute Gasteiger partial charge is 0.154 e. The van der Waals surface area contributed by atoms with Crippen LogP contribution in [0.1, 0.15) is 0 Å². The van der Waals surface area contributed by atoms with Crippen LogP contribution in [0.2, 0.25) is 0 Å². The highest BCUT2D eigenvalue weighted by atomic mass is 31.1. The summed E-state index contributed by atoms with van der Waals surface area (Å²) in [5.41, 5.74) is 3.28. The molecule has 0 N–H and O–H groups in total.